The van der Waals surface area contributed by atoms with Crippen LogP contribution in [0.15, 0.2) is 15.9 Å². The van der Waals surface area contributed by atoms with E-state index in [4.69, 9.17) is 0 Å². The van der Waals surface area contributed by atoms with Crippen LogP contribution in [0.1, 0.15) is 11.3 Å². The average molecular weight is 331 g/mol. The number of piperazine rings is 1. The van der Waals surface area contributed by atoms with Gasteiger partial charge in [0.15, 0.2) is 0 Å². The van der Waals surface area contributed by atoms with Crippen molar-refractivity contribution in [2.45, 2.75) is 18.9 Å². The summed E-state index contributed by atoms with van der Waals surface area (Å²) < 4.78 is 1.07. The quantitative estimate of drug-likeness (QED) is 0.846. The summed E-state index contributed by atoms with van der Waals surface area (Å²) >= 11 is 5.07. The second-order valence-electron chi connectivity index (χ2n) is 5.05. The van der Waals surface area contributed by atoms with Crippen LogP contribution in [0.25, 0.3) is 0 Å². The van der Waals surface area contributed by atoms with Gasteiger partial charge in [0.2, 0.25) is 0 Å². The fourth-order valence-corrected chi connectivity index (χ4v) is 3.78. The maximum Gasteiger partial charge on any atom is 0.139 e. The predicted octanol–water partition coefficient (Wildman–Crippen LogP) is 2.26. The molecule has 1 saturated heterocycles. The molecule has 18 heavy (non-hydrogen) atoms. The van der Waals surface area contributed by atoms with Crippen molar-refractivity contribution in [3.63, 3.8) is 0 Å². The molecule has 1 aliphatic rings. The molecule has 1 aromatic heterocycles. The molecule has 5 heteroatoms. The van der Waals surface area contributed by atoms with Crippen LogP contribution in [0.5, 0.6) is 0 Å². The van der Waals surface area contributed by atoms with E-state index in [0.29, 0.717) is 24.7 Å². The van der Waals surface area contributed by atoms with Crippen molar-refractivity contribution in [2.24, 2.45) is 0 Å². The molecule has 0 bridgehead atoms. The Bertz CT molecular complexity index is 421. The second kappa shape index (κ2) is 6.28. The van der Waals surface area contributed by atoms with Crippen molar-refractivity contribution in [3.8, 4) is 0 Å². The Hall–Kier alpha value is -0.230. The minimum Gasteiger partial charge on any atom is -0.304 e. The van der Waals surface area contributed by atoms with E-state index in [-0.39, 0.29) is 0 Å². The van der Waals surface area contributed by atoms with E-state index >= 15 is 0 Å². The van der Waals surface area contributed by atoms with Gasteiger partial charge < -0.3 is 9.80 Å². The third-order valence-electron chi connectivity index (χ3n) is 3.44. The zero-order valence-corrected chi connectivity index (χ0v) is 13.3. The standard InChI is InChI=1S/C13H19BrN2OS/c1-15-3-4-16(2)11(8-15)6-12(17)7-13-5-10(14)9-18-13/h5,9,11H,3-4,6-8H2,1-2H3. The number of hydrogen-bond donors (Lipinski definition) is 0. The monoisotopic (exact) mass is 330 g/mol. The fraction of sp³-hybridized carbons (Fsp3) is 0.615. The lowest BCUT2D eigenvalue weighted by Gasteiger charge is -2.37. The van der Waals surface area contributed by atoms with Gasteiger partial charge in [-0.3, -0.25) is 4.79 Å². The van der Waals surface area contributed by atoms with Gasteiger partial charge >= 0.3 is 0 Å². The summed E-state index contributed by atoms with van der Waals surface area (Å²) in [6.07, 6.45) is 1.24. The number of thiophene rings is 1. The number of halogens is 1. The Morgan fingerprint density at radius 2 is 2.28 bits per heavy atom. The molecule has 0 radical (unpaired) electrons. The lowest BCUT2D eigenvalue weighted by Crippen LogP contribution is -2.50. The van der Waals surface area contributed by atoms with Crippen LogP contribution in [0, 0.1) is 0 Å². The normalized spacial score (nSPS) is 22.3. The van der Waals surface area contributed by atoms with Gasteiger partial charge in [0, 0.05) is 53.2 Å². The highest BCUT2D eigenvalue weighted by Crippen LogP contribution is 2.21. The second-order valence-corrected chi connectivity index (χ2v) is 6.96. The molecule has 2 rings (SSSR count). The highest BCUT2D eigenvalue weighted by molar-refractivity contribution is 9.10. The Kier molecular flexibility index (Phi) is 4.95. The van der Waals surface area contributed by atoms with Crippen LogP contribution in [0.4, 0.5) is 0 Å². The first-order chi connectivity index (χ1) is 8.54. The maximum atomic E-state index is 12.1. The van der Waals surface area contributed by atoms with Crippen molar-refractivity contribution in [2.75, 3.05) is 33.7 Å². The lowest BCUT2D eigenvalue weighted by atomic mass is 10.0. The summed E-state index contributed by atoms with van der Waals surface area (Å²) in [5.74, 6) is 0.344. The summed E-state index contributed by atoms with van der Waals surface area (Å²) in [5.41, 5.74) is 0. The molecular weight excluding hydrogens is 312 g/mol. The van der Waals surface area contributed by atoms with E-state index in [9.17, 15) is 4.79 Å². The van der Waals surface area contributed by atoms with Gasteiger partial charge in [-0.05, 0) is 36.1 Å². The van der Waals surface area contributed by atoms with E-state index in [0.717, 1.165) is 29.0 Å². The van der Waals surface area contributed by atoms with Gasteiger partial charge in [-0.1, -0.05) is 0 Å². The number of carbonyl (C=O) groups is 1. The third kappa shape index (κ3) is 3.88. The molecule has 0 spiro atoms. The molecule has 0 saturated carbocycles. The molecule has 0 N–H and O–H groups in total. The maximum absolute atomic E-state index is 12.1. The number of ketones is 1. The number of rotatable bonds is 4. The van der Waals surface area contributed by atoms with Crippen LogP contribution in [0.2, 0.25) is 0 Å². The molecule has 0 aromatic carbocycles. The summed E-state index contributed by atoms with van der Waals surface area (Å²) in [6, 6.07) is 2.42. The Balaban J connectivity index is 1.86. The minimum atomic E-state index is 0.344. The Labute approximate surface area is 121 Å². The largest absolute Gasteiger partial charge is 0.304 e. The number of nitrogens with zero attached hydrogens (tertiary/aromatic N) is 2. The molecule has 1 aromatic rings. The van der Waals surface area contributed by atoms with Crippen LogP contribution in [0.3, 0.4) is 0 Å². The number of Topliss-reactive ketones (excluding diaryl/α,β-unsaturated/α-hetero) is 1. The Morgan fingerprint density at radius 1 is 1.50 bits per heavy atom. The SMILES string of the molecule is CN1CCN(C)C(CC(=O)Cc2cc(Br)cs2)C1. The molecule has 1 atom stereocenters. The van der Waals surface area contributed by atoms with Crippen molar-refractivity contribution >= 4 is 33.0 Å². The van der Waals surface area contributed by atoms with Gasteiger partial charge in [-0.25, -0.2) is 0 Å². The van der Waals surface area contributed by atoms with Gasteiger partial charge in [-0.15, -0.1) is 11.3 Å². The van der Waals surface area contributed by atoms with Crippen molar-refractivity contribution < 1.29 is 4.79 Å². The third-order valence-corrected chi connectivity index (χ3v) is 5.13. The fourth-order valence-electron chi connectivity index (χ4n) is 2.30. The van der Waals surface area contributed by atoms with Crippen molar-refractivity contribution in [1.29, 1.82) is 0 Å². The van der Waals surface area contributed by atoms with Gasteiger partial charge in [0.05, 0.1) is 0 Å². The number of hydrogen-bond acceptors (Lipinski definition) is 4. The highest BCUT2D eigenvalue weighted by atomic mass is 79.9. The summed E-state index contributed by atoms with van der Waals surface area (Å²) in [4.78, 5) is 17.9. The number of likely N-dealkylation sites (N-methyl/N-ethyl adjacent to an activating group) is 2. The molecular formula is C13H19BrN2OS. The molecule has 1 fully saturated rings. The van der Waals surface area contributed by atoms with E-state index in [2.05, 4.69) is 39.8 Å². The predicted molar refractivity (Wildman–Crippen MR) is 79.3 cm³/mol. The molecule has 1 unspecified atom stereocenters. The Morgan fingerprint density at radius 3 is 2.94 bits per heavy atom. The van der Waals surface area contributed by atoms with E-state index in [1.54, 1.807) is 11.3 Å². The summed E-state index contributed by atoms with van der Waals surface area (Å²) in [5, 5.41) is 2.03. The van der Waals surface area contributed by atoms with Gasteiger partial charge in [0.25, 0.3) is 0 Å². The molecule has 100 valence electrons. The van der Waals surface area contributed by atoms with E-state index in [1.807, 2.05) is 11.4 Å². The van der Waals surface area contributed by atoms with Gasteiger partial charge in [0.1, 0.15) is 5.78 Å². The molecule has 0 amide bonds. The van der Waals surface area contributed by atoms with Crippen LogP contribution < -0.4 is 0 Å². The zero-order valence-electron chi connectivity index (χ0n) is 10.9. The molecule has 2 heterocycles. The van der Waals surface area contributed by atoms with Crippen molar-refractivity contribution in [1.82, 2.24) is 9.80 Å². The average Bonchev–Trinajstić information content (AvgIpc) is 2.69. The summed E-state index contributed by atoms with van der Waals surface area (Å²) in [6.45, 7) is 3.15. The number of carbonyl (C=O) groups excluding carboxylic acids is 1. The summed E-state index contributed by atoms with van der Waals surface area (Å²) in [7, 11) is 4.24. The van der Waals surface area contributed by atoms with Crippen molar-refractivity contribution in [3.05, 3.63) is 20.8 Å². The molecule has 0 aliphatic carbocycles. The first-order valence-electron chi connectivity index (χ1n) is 6.18. The van der Waals surface area contributed by atoms with Crippen LogP contribution in [-0.2, 0) is 11.2 Å². The molecule has 3 nitrogen and oxygen atoms in total. The lowest BCUT2D eigenvalue weighted by molar-refractivity contribution is -0.120. The van der Waals surface area contributed by atoms with E-state index < -0.39 is 0 Å². The zero-order chi connectivity index (χ0) is 13.1. The van der Waals surface area contributed by atoms with Crippen LogP contribution in [-0.4, -0.2) is 55.4 Å². The van der Waals surface area contributed by atoms with E-state index in [1.165, 1.54) is 0 Å². The smallest absolute Gasteiger partial charge is 0.139 e. The highest BCUT2D eigenvalue weighted by Gasteiger charge is 2.24. The van der Waals surface area contributed by atoms with Gasteiger partial charge in [-0.2, -0.15) is 0 Å². The first kappa shape index (κ1) is 14.2. The molecule has 1 aliphatic heterocycles. The first-order valence-corrected chi connectivity index (χ1v) is 7.85. The minimum absolute atomic E-state index is 0.344. The van der Waals surface area contributed by atoms with Crippen LogP contribution >= 0.6 is 27.3 Å². The topological polar surface area (TPSA) is 23.6 Å².